The van der Waals surface area contributed by atoms with Crippen LogP contribution in [0.1, 0.15) is 15.2 Å². The van der Waals surface area contributed by atoms with Gasteiger partial charge in [0, 0.05) is 30.9 Å². The number of methoxy groups -OCH3 is 1. The Morgan fingerprint density at radius 3 is 2.64 bits per heavy atom. The molecule has 0 aliphatic carbocycles. The van der Waals surface area contributed by atoms with Crippen molar-refractivity contribution in [2.45, 2.75) is 6.61 Å². The molecule has 9 nitrogen and oxygen atoms in total. The lowest BCUT2D eigenvalue weighted by molar-refractivity contribution is -0.383. The Balaban J connectivity index is 1.62. The zero-order valence-corrected chi connectivity index (χ0v) is 18.7. The Kier molecular flexibility index (Phi) is 6.36. The molecule has 1 N–H and O–H groups in total. The molecule has 2 heterocycles. The van der Waals surface area contributed by atoms with Crippen LogP contribution in [0.15, 0.2) is 67.0 Å². The molecular formula is C23H20N4O5S. The highest BCUT2D eigenvalue weighted by Gasteiger charge is 2.21. The summed E-state index contributed by atoms with van der Waals surface area (Å²) in [5.41, 5.74) is 2.58. The van der Waals surface area contributed by atoms with Crippen molar-refractivity contribution in [2.24, 2.45) is 7.05 Å². The standard InChI is InChI=1S/C23H20N4O5S/c1-26-13-17(12-24-26)16-8-9-18(19(10-16)27(29)30)25-21-11-20(22(33-21)23(28)31-2)32-14-15-6-4-3-5-7-15/h3-13,25H,14H2,1-2H3. The minimum Gasteiger partial charge on any atom is -0.487 e. The summed E-state index contributed by atoms with van der Waals surface area (Å²) in [4.78, 5) is 23.8. The van der Waals surface area contributed by atoms with E-state index < -0.39 is 10.9 Å². The molecule has 0 saturated carbocycles. The molecule has 2 aromatic heterocycles. The predicted octanol–water partition coefficient (Wildman–Crippen LogP) is 5.17. The fourth-order valence-corrected chi connectivity index (χ4v) is 4.12. The largest absolute Gasteiger partial charge is 0.487 e. The molecule has 2 aromatic carbocycles. The maximum absolute atomic E-state index is 12.3. The van der Waals surface area contributed by atoms with Crippen molar-refractivity contribution >= 4 is 33.7 Å². The topological polar surface area (TPSA) is 109 Å². The first-order valence-corrected chi connectivity index (χ1v) is 10.7. The number of aryl methyl sites for hydroxylation is 1. The zero-order chi connectivity index (χ0) is 23.4. The van der Waals surface area contributed by atoms with Crippen LogP contribution in [0.5, 0.6) is 5.75 Å². The monoisotopic (exact) mass is 464 g/mol. The molecule has 0 aliphatic heterocycles. The number of benzene rings is 2. The van der Waals surface area contributed by atoms with Crippen LogP contribution in [-0.2, 0) is 18.4 Å². The van der Waals surface area contributed by atoms with Gasteiger partial charge in [0.05, 0.1) is 23.2 Å². The number of nitro groups is 1. The third kappa shape index (κ3) is 5.01. The molecule has 0 saturated heterocycles. The van der Waals surface area contributed by atoms with Crippen LogP contribution in [0, 0.1) is 10.1 Å². The third-order valence-electron chi connectivity index (χ3n) is 4.80. The molecule has 0 aliphatic rings. The van der Waals surface area contributed by atoms with Crippen molar-refractivity contribution < 1.29 is 19.2 Å². The minimum absolute atomic E-state index is 0.101. The van der Waals surface area contributed by atoms with Crippen molar-refractivity contribution in [3.8, 4) is 16.9 Å². The summed E-state index contributed by atoms with van der Waals surface area (Å²) in [7, 11) is 3.07. The molecule has 4 aromatic rings. The quantitative estimate of drug-likeness (QED) is 0.218. The van der Waals surface area contributed by atoms with E-state index in [1.807, 2.05) is 30.3 Å². The van der Waals surface area contributed by atoms with E-state index in [1.54, 1.807) is 42.3 Å². The van der Waals surface area contributed by atoms with E-state index in [0.717, 1.165) is 22.5 Å². The molecule has 0 amide bonds. The maximum atomic E-state index is 12.3. The van der Waals surface area contributed by atoms with Gasteiger partial charge in [-0.1, -0.05) is 36.4 Å². The van der Waals surface area contributed by atoms with Gasteiger partial charge in [-0.05, 0) is 17.2 Å². The molecule has 0 spiro atoms. The average molecular weight is 465 g/mol. The number of hydrogen-bond donors (Lipinski definition) is 1. The lowest BCUT2D eigenvalue weighted by Crippen LogP contribution is -2.02. The predicted molar refractivity (Wildman–Crippen MR) is 125 cm³/mol. The van der Waals surface area contributed by atoms with Crippen LogP contribution < -0.4 is 10.1 Å². The van der Waals surface area contributed by atoms with Gasteiger partial charge in [0.2, 0.25) is 0 Å². The minimum atomic E-state index is -0.544. The second-order valence-corrected chi connectivity index (χ2v) is 8.14. The number of ether oxygens (including phenoxy) is 2. The van der Waals surface area contributed by atoms with Crippen LogP contribution >= 0.6 is 11.3 Å². The Morgan fingerprint density at radius 2 is 1.97 bits per heavy atom. The smallest absolute Gasteiger partial charge is 0.351 e. The molecule has 0 bridgehead atoms. The maximum Gasteiger partial charge on any atom is 0.351 e. The van der Waals surface area contributed by atoms with Crippen molar-refractivity contribution in [2.75, 3.05) is 12.4 Å². The van der Waals surface area contributed by atoms with E-state index >= 15 is 0 Å². The third-order valence-corrected chi connectivity index (χ3v) is 5.81. The highest BCUT2D eigenvalue weighted by Crippen LogP contribution is 2.39. The summed E-state index contributed by atoms with van der Waals surface area (Å²) in [5, 5.41) is 19.4. The number of carbonyl (C=O) groups excluding carboxylic acids is 1. The van der Waals surface area contributed by atoms with Gasteiger partial charge < -0.3 is 14.8 Å². The lowest BCUT2D eigenvalue weighted by atomic mass is 10.1. The molecule has 0 fully saturated rings. The van der Waals surface area contributed by atoms with Gasteiger partial charge >= 0.3 is 5.97 Å². The van der Waals surface area contributed by atoms with Crippen LogP contribution in [-0.4, -0.2) is 27.8 Å². The number of carbonyl (C=O) groups is 1. The number of anilines is 2. The number of aromatic nitrogens is 2. The van der Waals surface area contributed by atoms with Crippen molar-refractivity contribution in [1.29, 1.82) is 0 Å². The molecule has 10 heteroatoms. The van der Waals surface area contributed by atoms with Crippen LogP contribution in [0.4, 0.5) is 16.4 Å². The Bertz CT molecular complexity index is 1300. The summed E-state index contributed by atoms with van der Waals surface area (Å²) < 4.78 is 12.3. The zero-order valence-electron chi connectivity index (χ0n) is 17.8. The molecule has 4 rings (SSSR count). The number of esters is 1. The number of rotatable bonds is 8. The number of nitrogens with one attached hydrogen (secondary N) is 1. The van der Waals surface area contributed by atoms with Gasteiger partial charge in [-0.3, -0.25) is 14.8 Å². The summed E-state index contributed by atoms with van der Waals surface area (Å²) in [5.74, 6) is -0.203. The van der Waals surface area contributed by atoms with E-state index in [2.05, 4.69) is 10.4 Å². The van der Waals surface area contributed by atoms with Gasteiger partial charge in [-0.2, -0.15) is 5.10 Å². The average Bonchev–Trinajstić information content (AvgIpc) is 3.44. The molecule has 0 atom stereocenters. The lowest BCUT2D eigenvalue weighted by Gasteiger charge is -2.07. The van der Waals surface area contributed by atoms with E-state index in [1.165, 1.54) is 13.2 Å². The van der Waals surface area contributed by atoms with Gasteiger partial charge in [-0.15, -0.1) is 11.3 Å². The highest BCUT2D eigenvalue weighted by atomic mass is 32.1. The van der Waals surface area contributed by atoms with Crippen molar-refractivity contribution in [1.82, 2.24) is 9.78 Å². The summed E-state index contributed by atoms with van der Waals surface area (Å²) >= 11 is 1.10. The van der Waals surface area contributed by atoms with Gasteiger partial charge in [0.25, 0.3) is 5.69 Å². The fraction of sp³-hybridized carbons (Fsp3) is 0.130. The fourth-order valence-electron chi connectivity index (χ4n) is 3.18. The molecule has 168 valence electrons. The second-order valence-electron chi connectivity index (χ2n) is 7.09. The van der Waals surface area contributed by atoms with Crippen molar-refractivity contribution in [3.05, 3.63) is 87.5 Å². The van der Waals surface area contributed by atoms with E-state index in [4.69, 9.17) is 9.47 Å². The Hall–Kier alpha value is -4.18. The molecule has 0 radical (unpaired) electrons. The number of thiophene rings is 1. The normalized spacial score (nSPS) is 10.6. The van der Waals surface area contributed by atoms with Gasteiger partial charge in [0.15, 0.2) is 4.88 Å². The molecule has 0 unspecified atom stereocenters. The van der Waals surface area contributed by atoms with Gasteiger partial charge in [-0.25, -0.2) is 4.79 Å². The number of nitro benzene ring substituents is 1. The molecule has 33 heavy (non-hydrogen) atoms. The second kappa shape index (κ2) is 9.53. The Morgan fingerprint density at radius 1 is 1.18 bits per heavy atom. The first kappa shape index (κ1) is 22.0. The summed E-state index contributed by atoms with van der Waals surface area (Å²) in [6, 6.07) is 16.1. The van der Waals surface area contributed by atoms with Crippen molar-refractivity contribution in [3.63, 3.8) is 0 Å². The first-order valence-electron chi connectivity index (χ1n) is 9.88. The number of nitrogens with zero attached hydrogens (tertiary/aromatic N) is 3. The van der Waals surface area contributed by atoms with E-state index in [9.17, 15) is 14.9 Å². The highest BCUT2D eigenvalue weighted by molar-refractivity contribution is 7.18. The SMILES string of the molecule is COC(=O)c1sc(Nc2ccc(-c3cnn(C)c3)cc2[N+](=O)[O-])cc1OCc1ccccc1. The van der Waals surface area contributed by atoms with E-state index in [-0.39, 0.29) is 17.2 Å². The summed E-state index contributed by atoms with van der Waals surface area (Å²) in [6.45, 7) is 0.265. The number of hydrogen-bond acceptors (Lipinski definition) is 8. The molecular weight excluding hydrogens is 444 g/mol. The van der Waals surface area contributed by atoms with Crippen LogP contribution in [0.3, 0.4) is 0 Å². The van der Waals surface area contributed by atoms with Crippen LogP contribution in [0.25, 0.3) is 11.1 Å². The van der Waals surface area contributed by atoms with Crippen LogP contribution in [0.2, 0.25) is 0 Å². The summed E-state index contributed by atoms with van der Waals surface area (Å²) in [6.07, 6.45) is 3.43. The first-order chi connectivity index (χ1) is 15.9. The Labute approximate surface area is 193 Å². The van der Waals surface area contributed by atoms with E-state index in [0.29, 0.717) is 22.0 Å². The van der Waals surface area contributed by atoms with Gasteiger partial charge in [0.1, 0.15) is 18.0 Å².